The first-order valence-corrected chi connectivity index (χ1v) is 7.33. The number of pyridine rings is 1. The Morgan fingerprint density at radius 1 is 1.21 bits per heavy atom. The molecule has 2 atom stereocenters. The fourth-order valence-corrected chi connectivity index (χ4v) is 3.88. The summed E-state index contributed by atoms with van der Waals surface area (Å²) < 4.78 is 0. The van der Waals surface area contributed by atoms with E-state index in [2.05, 4.69) is 25.1 Å². The van der Waals surface area contributed by atoms with Gasteiger partial charge in [0.15, 0.2) is 0 Å². The molecular formula is C17H16ClN. The number of hydrogen-bond donors (Lipinski definition) is 0. The highest BCUT2D eigenvalue weighted by molar-refractivity contribution is 6.31. The Morgan fingerprint density at radius 2 is 2.11 bits per heavy atom. The Morgan fingerprint density at radius 3 is 3.00 bits per heavy atom. The number of rotatable bonds is 0. The quantitative estimate of drug-likeness (QED) is 0.621. The van der Waals surface area contributed by atoms with Gasteiger partial charge < -0.3 is 0 Å². The van der Waals surface area contributed by atoms with Crippen molar-refractivity contribution in [2.24, 2.45) is 5.92 Å². The molecule has 1 aromatic carbocycles. The molecule has 1 aromatic heterocycles. The molecule has 0 amide bonds. The van der Waals surface area contributed by atoms with Gasteiger partial charge in [-0.2, -0.15) is 0 Å². The molecule has 2 heteroatoms. The van der Waals surface area contributed by atoms with Gasteiger partial charge >= 0.3 is 0 Å². The number of fused-ring (bicyclic) bond motifs is 5. The Kier molecular flexibility index (Phi) is 2.46. The molecule has 4 rings (SSSR count). The minimum absolute atomic E-state index is 0.673. The van der Waals surface area contributed by atoms with Crippen molar-refractivity contribution in [1.29, 1.82) is 0 Å². The lowest BCUT2D eigenvalue weighted by Crippen LogP contribution is -2.22. The van der Waals surface area contributed by atoms with E-state index in [0.29, 0.717) is 11.8 Å². The van der Waals surface area contributed by atoms with Crippen molar-refractivity contribution in [1.82, 2.24) is 4.98 Å². The maximum atomic E-state index is 6.07. The third-order valence-electron chi connectivity index (χ3n) is 4.46. The van der Waals surface area contributed by atoms with Crippen molar-refractivity contribution in [2.45, 2.75) is 32.1 Å². The fourth-order valence-electron chi connectivity index (χ4n) is 3.72. The highest BCUT2D eigenvalue weighted by Gasteiger charge is 2.30. The molecule has 2 aliphatic rings. The lowest BCUT2D eigenvalue weighted by molar-refractivity contribution is 0.432. The smallest absolute Gasteiger partial charge is 0.0720 e. The number of hydrogen-bond acceptors (Lipinski definition) is 1. The van der Waals surface area contributed by atoms with Gasteiger partial charge in [-0.25, -0.2) is 0 Å². The maximum Gasteiger partial charge on any atom is 0.0720 e. The van der Waals surface area contributed by atoms with Crippen LogP contribution in [0.25, 0.3) is 10.9 Å². The fraction of sp³-hybridized carbons (Fsp3) is 0.353. The van der Waals surface area contributed by atoms with Gasteiger partial charge in [0.1, 0.15) is 0 Å². The van der Waals surface area contributed by atoms with E-state index in [9.17, 15) is 0 Å². The number of benzene rings is 1. The van der Waals surface area contributed by atoms with Crippen LogP contribution < -0.4 is 0 Å². The van der Waals surface area contributed by atoms with Crippen molar-refractivity contribution in [3.63, 3.8) is 0 Å². The van der Waals surface area contributed by atoms with E-state index in [0.717, 1.165) is 17.0 Å². The second-order valence-corrected chi connectivity index (χ2v) is 6.41. The van der Waals surface area contributed by atoms with Crippen molar-refractivity contribution in [3.05, 3.63) is 52.2 Å². The third kappa shape index (κ3) is 1.88. The topological polar surface area (TPSA) is 12.9 Å². The predicted octanol–water partition coefficient (Wildman–Crippen LogP) is 4.88. The molecule has 0 fully saturated rings. The van der Waals surface area contributed by atoms with Crippen LogP contribution in [0, 0.1) is 5.92 Å². The van der Waals surface area contributed by atoms with Crippen molar-refractivity contribution in [2.75, 3.05) is 0 Å². The van der Waals surface area contributed by atoms with Gasteiger partial charge in [0, 0.05) is 16.1 Å². The van der Waals surface area contributed by atoms with Crippen LogP contribution in [0.5, 0.6) is 0 Å². The van der Waals surface area contributed by atoms with E-state index in [1.165, 1.54) is 29.5 Å². The maximum absolute atomic E-state index is 6.07. The van der Waals surface area contributed by atoms with Crippen LogP contribution in [0.4, 0.5) is 0 Å². The van der Waals surface area contributed by atoms with Crippen LogP contribution in [-0.2, 0) is 6.42 Å². The van der Waals surface area contributed by atoms with Crippen molar-refractivity contribution < 1.29 is 0 Å². The standard InChI is InChI=1S/C17H16ClN/c1-10-4-11-6-13(5-10)15-8-12-2-3-14(18)9-16(12)19-17(15)7-11/h2-4,8-9,11,13H,5-7H2,1H3/t11-,13+/m1/s1. The van der Waals surface area contributed by atoms with Gasteiger partial charge in [-0.05, 0) is 61.8 Å². The molecule has 2 bridgehead atoms. The highest BCUT2D eigenvalue weighted by Crippen LogP contribution is 2.43. The summed E-state index contributed by atoms with van der Waals surface area (Å²) in [6.07, 6.45) is 6.03. The van der Waals surface area contributed by atoms with Crippen molar-refractivity contribution in [3.8, 4) is 0 Å². The summed E-state index contributed by atoms with van der Waals surface area (Å²) in [5.74, 6) is 1.36. The van der Waals surface area contributed by atoms with E-state index in [-0.39, 0.29) is 0 Å². The van der Waals surface area contributed by atoms with Gasteiger partial charge in [0.2, 0.25) is 0 Å². The molecule has 2 aromatic rings. The molecule has 0 saturated carbocycles. The summed E-state index contributed by atoms with van der Waals surface area (Å²) >= 11 is 6.07. The summed E-state index contributed by atoms with van der Waals surface area (Å²) in [5.41, 5.74) is 5.34. The third-order valence-corrected chi connectivity index (χ3v) is 4.70. The summed E-state index contributed by atoms with van der Waals surface area (Å²) in [7, 11) is 0. The zero-order valence-electron chi connectivity index (χ0n) is 11.0. The molecule has 0 radical (unpaired) electrons. The molecule has 1 heterocycles. The van der Waals surface area contributed by atoms with E-state index >= 15 is 0 Å². The number of halogens is 1. The molecule has 96 valence electrons. The average Bonchev–Trinajstić information content (AvgIpc) is 2.36. The molecule has 19 heavy (non-hydrogen) atoms. The van der Waals surface area contributed by atoms with Gasteiger partial charge in [-0.3, -0.25) is 4.98 Å². The highest BCUT2D eigenvalue weighted by atomic mass is 35.5. The largest absolute Gasteiger partial charge is 0.252 e. The molecule has 0 unspecified atom stereocenters. The van der Waals surface area contributed by atoms with Crippen LogP contribution in [0.2, 0.25) is 5.02 Å². The summed E-state index contributed by atoms with van der Waals surface area (Å²) in [4.78, 5) is 4.87. The second kappa shape index (κ2) is 4.08. The van der Waals surface area contributed by atoms with E-state index < -0.39 is 0 Å². The first-order valence-electron chi connectivity index (χ1n) is 6.95. The predicted molar refractivity (Wildman–Crippen MR) is 79.7 cm³/mol. The van der Waals surface area contributed by atoms with Crippen molar-refractivity contribution >= 4 is 22.5 Å². The van der Waals surface area contributed by atoms with Crippen LogP contribution in [0.1, 0.15) is 36.9 Å². The SMILES string of the molecule is CC1=C[C@H]2Cc3nc4cc(Cl)ccc4cc3[C@@H](C1)C2. The molecule has 0 saturated heterocycles. The summed E-state index contributed by atoms with van der Waals surface area (Å²) in [6.45, 7) is 2.26. The number of aromatic nitrogens is 1. The Labute approximate surface area is 118 Å². The number of allylic oxidation sites excluding steroid dienone is 2. The second-order valence-electron chi connectivity index (χ2n) is 5.98. The average molecular weight is 270 g/mol. The van der Waals surface area contributed by atoms with Gasteiger partial charge in [-0.1, -0.05) is 29.3 Å². The molecule has 1 nitrogen and oxygen atoms in total. The zero-order chi connectivity index (χ0) is 13.0. The van der Waals surface area contributed by atoms with Crippen LogP contribution in [0.15, 0.2) is 35.9 Å². The summed E-state index contributed by atoms with van der Waals surface area (Å²) in [5, 5.41) is 1.99. The molecule has 0 spiro atoms. The van der Waals surface area contributed by atoms with Gasteiger partial charge in [0.05, 0.1) is 5.52 Å². The first-order chi connectivity index (χ1) is 9.19. The minimum Gasteiger partial charge on any atom is -0.252 e. The lowest BCUT2D eigenvalue weighted by Gasteiger charge is -2.34. The lowest BCUT2D eigenvalue weighted by atomic mass is 9.72. The van der Waals surface area contributed by atoms with E-state index in [1.54, 1.807) is 5.57 Å². The molecule has 0 N–H and O–H groups in total. The Hall–Kier alpha value is -1.34. The van der Waals surface area contributed by atoms with Gasteiger partial charge in [-0.15, -0.1) is 0 Å². The Bertz CT molecular complexity index is 702. The monoisotopic (exact) mass is 269 g/mol. The molecular weight excluding hydrogens is 254 g/mol. The van der Waals surface area contributed by atoms with Gasteiger partial charge in [0.25, 0.3) is 0 Å². The number of nitrogens with zero attached hydrogens (tertiary/aromatic N) is 1. The van der Waals surface area contributed by atoms with Crippen LogP contribution >= 0.6 is 11.6 Å². The normalized spacial score (nSPS) is 25.1. The van der Waals surface area contributed by atoms with E-state index in [4.69, 9.17) is 16.6 Å². The zero-order valence-corrected chi connectivity index (χ0v) is 11.7. The summed E-state index contributed by atoms with van der Waals surface area (Å²) in [6, 6.07) is 8.36. The molecule has 2 aliphatic carbocycles. The molecule has 0 aliphatic heterocycles. The first kappa shape index (κ1) is 11.5. The Balaban J connectivity index is 1.91. The minimum atomic E-state index is 0.673. The van der Waals surface area contributed by atoms with Crippen LogP contribution in [0.3, 0.4) is 0 Å². The van der Waals surface area contributed by atoms with Crippen LogP contribution in [-0.4, -0.2) is 4.98 Å². The van der Waals surface area contributed by atoms with E-state index in [1.807, 2.05) is 12.1 Å².